The normalized spacial score (nSPS) is 18.2. The first-order chi connectivity index (χ1) is 12.8. The molecule has 7 heteroatoms. The fourth-order valence-electron chi connectivity index (χ4n) is 2.99. The van der Waals surface area contributed by atoms with Crippen molar-refractivity contribution < 1.29 is 28.3 Å². The van der Waals surface area contributed by atoms with Crippen LogP contribution in [0.25, 0.3) is 0 Å². The summed E-state index contributed by atoms with van der Waals surface area (Å²) in [5, 5.41) is 0. The van der Waals surface area contributed by atoms with Crippen LogP contribution >= 0.6 is 0 Å². The van der Waals surface area contributed by atoms with Crippen molar-refractivity contribution in [3.63, 3.8) is 0 Å². The van der Waals surface area contributed by atoms with Crippen molar-refractivity contribution in [2.24, 2.45) is 0 Å². The van der Waals surface area contributed by atoms with Crippen LogP contribution in [0.3, 0.4) is 0 Å². The van der Waals surface area contributed by atoms with Gasteiger partial charge in [0.2, 0.25) is 0 Å². The molecule has 1 heterocycles. The van der Waals surface area contributed by atoms with Crippen LogP contribution < -0.4 is 10.2 Å². The Kier molecular flexibility index (Phi) is 6.53. The zero-order chi connectivity index (χ0) is 21.3. The minimum Gasteiger partial charge on any atom is -0.497 e. The van der Waals surface area contributed by atoms with Crippen LogP contribution in [0.4, 0.5) is 0 Å². The van der Waals surface area contributed by atoms with Crippen LogP contribution in [0, 0.1) is 6.92 Å². The largest absolute Gasteiger partial charge is 0.497 e. The topological polar surface area (TPSA) is 63.2 Å². The van der Waals surface area contributed by atoms with Gasteiger partial charge in [0, 0.05) is 0 Å². The van der Waals surface area contributed by atoms with Crippen molar-refractivity contribution in [1.29, 1.82) is 0 Å². The van der Waals surface area contributed by atoms with Gasteiger partial charge in [0.15, 0.2) is 0 Å². The van der Waals surface area contributed by atoms with E-state index in [-0.39, 0.29) is 13.2 Å². The van der Waals surface area contributed by atoms with E-state index >= 15 is 0 Å². The van der Waals surface area contributed by atoms with Crippen molar-refractivity contribution in [2.75, 3.05) is 13.7 Å². The summed E-state index contributed by atoms with van der Waals surface area (Å²) in [6.07, 6.45) is 0. The minimum atomic E-state index is -0.541. The Hall–Kier alpha value is -1.57. The molecule has 0 N–H and O–H groups in total. The molecule has 0 amide bonds. The molecule has 1 aliphatic heterocycles. The molecule has 1 saturated heterocycles. The fraction of sp³-hybridized carbons (Fsp3) is 0.667. The number of hydrogen-bond acceptors (Lipinski definition) is 6. The molecule has 0 saturated carbocycles. The summed E-state index contributed by atoms with van der Waals surface area (Å²) in [6.45, 7) is 15.6. The van der Waals surface area contributed by atoms with Crippen LogP contribution in [-0.2, 0) is 30.2 Å². The van der Waals surface area contributed by atoms with Crippen molar-refractivity contribution in [2.45, 2.75) is 78.8 Å². The molecular formula is C21H33BO6. The molecule has 0 unspecified atom stereocenters. The van der Waals surface area contributed by atoms with Gasteiger partial charge < -0.3 is 23.5 Å². The number of benzene rings is 1. The first kappa shape index (κ1) is 22.7. The smallest absolute Gasteiger partial charge is 0.495 e. The predicted molar refractivity (Wildman–Crippen MR) is 109 cm³/mol. The van der Waals surface area contributed by atoms with Crippen LogP contribution in [0.15, 0.2) is 12.1 Å². The summed E-state index contributed by atoms with van der Waals surface area (Å²) in [6, 6.07) is 3.83. The lowest BCUT2D eigenvalue weighted by molar-refractivity contribution is -0.160. The number of methoxy groups -OCH3 is 1. The molecule has 6 nitrogen and oxygen atoms in total. The number of carbonyl (C=O) groups excluding carboxylic acids is 1. The van der Waals surface area contributed by atoms with Crippen LogP contribution in [0.2, 0.25) is 0 Å². The second kappa shape index (κ2) is 8.05. The zero-order valence-corrected chi connectivity index (χ0v) is 18.6. The lowest BCUT2D eigenvalue weighted by Crippen LogP contribution is -2.41. The number of hydrogen-bond donors (Lipinski definition) is 0. The zero-order valence-electron chi connectivity index (χ0n) is 18.6. The predicted octanol–water partition coefficient (Wildman–Crippen LogP) is 3.16. The van der Waals surface area contributed by atoms with Gasteiger partial charge in [0.05, 0.1) is 24.9 Å². The molecule has 156 valence electrons. The molecular weight excluding hydrogens is 359 g/mol. The Morgan fingerprint density at radius 1 is 1.11 bits per heavy atom. The summed E-state index contributed by atoms with van der Waals surface area (Å²) >= 11 is 0. The summed E-state index contributed by atoms with van der Waals surface area (Å²) in [7, 11) is 1.10. The molecule has 0 atom stereocenters. The number of esters is 1. The van der Waals surface area contributed by atoms with Crippen molar-refractivity contribution in [1.82, 2.24) is 0 Å². The Morgan fingerprint density at radius 2 is 1.68 bits per heavy atom. The van der Waals surface area contributed by atoms with E-state index in [1.54, 1.807) is 7.11 Å². The van der Waals surface area contributed by atoms with Gasteiger partial charge in [-0.15, -0.1) is 0 Å². The SMILES string of the molecule is COc1cc(C)c(B2OC(C)(C)C(C)(C)O2)c(COCC(=O)OC(C)(C)C)c1. The monoisotopic (exact) mass is 392 g/mol. The number of carbonyl (C=O) groups is 1. The molecule has 1 aromatic carbocycles. The molecule has 0 aromatic heterocycles. The van der Waals surface area contributed by atoms with E-state index in [0.29, 0.717) is 5.75 Å². The van der Waals surface area contributed by atoms with Gasteiger partial charge in [0.1, 0.15) is 18.0 Å². The fourth-order valence-corrected chi connectivity index (χ4v) is 2.99. The average Bonchev–Trinajstić information content (AvgIpc) is 2.72. The molecule has 0 spiro atoms. The van der Waals surface area contributed by atoms with E-state index in [1.807, 2.05) is 67.5 Å². The number of rotatable bonds is 6. The molecule has 0 aliphatic carbocycles. The van der Waals surface area contributed by atoms with Gasteiger partial charge in [-0.2, -0.15) is 0 Å². The van der Waals surface area contributed by atoms with Gasteiger partial charge in [-0.25, -0.2) is 4.79 Å². The molecule has 28 heavy (non-hydrogen) atoms. The third-order valence-electron chi connectivity index (χ3n) is 5.07. The lowest BCUT2D eigenvalue weighted by Gasteiger charge is -2.32. The highest BCUT2D eigenvalue weighted by molar-refractivity contribution is 6.63. The average molecular weight is 392 g/mol. The number of ether oxygens (including phenoxy) is 3. The van der Waals surface area contributed by atoms with E-state index in [9.17, 15) is 4.79 Å². The molecule has 1 aromatic rings. The van der Waals surface area contributed by atoms with E-state index in [4.69, 9.17) is 23.5 Å². The highest BCUT2D eigenvalue weighted by Gasteiger charge is 2.52. The maximum absolute atomic E-state index is 11.9. The Balaban J connectivity index is 2.21. The quantitative estimate of drug-likeness (QED) is 0.548. The van der Waals surface area contributed by atoms with Gasteiger partial charge in [0.25, 0.3) is 0 Å². The molecule has 1 fully saturated rings. The van der Waals surface area contributed by atoms with Crippen LogP contribution in [0.5, 0.6) is 5.75 Å². The van der Waals surface area contributed by atoms with Crippen molar-refractivity contribution in [3.8, 4) is 5.75 Å². The lowest BCUT2D eigenvalue weighted by atomic mass is 9.73. The Bertz CT molecular complexity index is 704. The third-order valence-corrected chi connectivity index (χ3v) is 5.07. The van der Waals surface area contributed by atoms with E-state index in [1.165, 1.54) is 0 Å². The Morgan fingerprint density at radius 3 is 2.18 bits per heavy atom. The maximum Gasteiger partial charge on any atom is 0.495 e. The number of aryl methyl sites for hydroxylation is 1. The van der Waals surface area contributed by atoms with Gasteiger partial charge in [-0.05, 0) is 84.1 Å². The second-order valence-electron chi connectivity index (χ2n) is 9.18. The standard InChI is InChI=1S/C21H33BO6/c1-14-10-16(24-9)11-15(12-25-13-17(23)26-19(2,3)4)18(14)22-27-20(5,6)21(7,8)28-22/h10-11H,12-13H2,1-9H3. The van der Waals surface area contributed by atoms with Gasteiger partial charge in [-0.3, -0.25) is 0 Å². The summed E-state index contributed by atoms with van der Waals surface area (Å²) in [5.74, 6) is 0.318. The van der Waals surface area contributed by atoms with Gasteiger partial charge in [-0.1, -0.05) is 0 Å². The van der Waals surface area contributed by atoms with E-state index in [2.05, 4.69) is 0 Å². The highest BCUT2D eigenvalue weighted by atomic mass is 16.7. The third kappa shape index (κ3) is 5.28. The van der Waals surface area contributed by atoms with Crippen molar-refractivity contribution >= 4 is 18.6 Å². The molecule has 1 aliphatic rings. The minimum absolute atomic E-state index is 0.129. The van der Waals surface area contributed by atoms with Crippen LogP contribution in [-0.4, -0.2) is 43.6 Å². The van der Waals surface area contributed by atoms with Crippen molar-refractivity contribution in [3.05, 3.63) is 23.3 Å². The van der Waals surface area contributed by atoms with E-state index in [0.717, 1.165) is 16.6 Å². The summed E-state index contributed by atoms with van der Waals surface area (Å²) < 4.78 is 28.8. The Labute approximate surface area is 169 Å². The summed E-state index contributed by atoms with van der Waals surface area (Å²) in [5.41, 5.74) is 1.31. The van der Waals surface area contributed by atoms with Gasteiger partial charge >= 0.3 is 13.1 Å². The first-order valence-electron chi connectivity index (χ1n) is 9.58. The summed E-state index contributed by atoms with van der Waals surface area (Å²) in [4.78, 5) is 11.9. The molecule has 2 rings (SSSR count). The highest BCUT2D eigenvalue weighted by Crippen LogP contribution is 2.37. The molecule has 0 radical (unpaired) electrons. The molecule has 0 bridgehead atoms. The second-order valence-corrected chi connectivity index (χ2v) is 9.18. The first-order valence-corrected chi connectivity index (χ1v) is 9.58. The van der Waals surface area contributed by atoms with Crippen LogP contribution in [0.1, 0.15) is 59.6 Å². The maximum atomic E-state index is 11.9. The van der Waals surface area contributed by atoms with E-state index < -0.39 is 29.9 Å².